The van der Waals surface area contributed by atoms with Crippen molar-refractivity contribution in [2.75, 3.05) is 13.2 Å². The minimum atomic E-state index is -0.782. The minimum Gasteiger partial charge on any atom is -0.462 e. The number of hydrogen-bond acceptors (Lipinski definition) is 6. The molecule has 0 radical (unpaired) electrons. The smallest absolute Gasteiger partial charge is 0.306 e. The summed E-state index contributed by atoms with van der Waals surface area (Å²) < 4.78 is 16.9. The molecule has 0 fully saturated rings. The van der Waals surface area contributed by atoms with Crippen molar-refractivity contribution in [3.05, 3.63) is 48.6 Å². The van der Waals surface area contributed by atoms with Crippen LogP contribution in [0.5, 0.6) is 0 Å². The first kappa shape index (κ1) is 71.4. The summed E-state index contributed by atoms with van der Waals surface area (Å²) in [6.07, 6.45) is 78.5. The van der Waals surface area contributed by atoms with Crippen molar-refractivity contribution in [3.8, 4) is 0 Å². The van der Waals surface area contributed by atoms with E-state index in [0.717, 1.165) is 89.9 Å². The quantitative estimate of drug-likeness (QED) is 0.0261. The molecule has 0 saturated heterocycles. The van der Waals surface area contributed by atoms with E-state index in [4.69, 9.17) is 14.2 Å². The summed E-state index contributed by atoms with van der Waals surface area (Å²) in [6.45, 7) is 6.61. The maximum absolute atomic E-state index is 12.9. The second kappa shape index (κ2) is 62.9. The molecule has 0 aromatic heterocycles. The molecule has 74 heavy (non-hydrogen) atoms. The van der Waals surface area contributed by atoms with Gasteiger partial charge < -0.3 is 14.2 Å². The third-order valence-electron chi connectivity index (χ3n) is 14.5. The topological polar surface area (TPSA) is 78.9 Å². The summed E-state index contributed by atoms with van der Waals surface area (Å²) in [4.78, 5) is 38.2. The summed E-state index contributed by atoms with van der Waals surface area (Å²) in [5.74, 6) is -0.885. The van der Waals surface area contributed by atoms with Gasteiger partial charge in [-0.3, -0.25) is 14.4 Å². The summed E-state index contributed by atoms with van der Waals surface area (Å²) in [5.41, 5.74) is 0. The summed E-state index contributed by atoms with van der Waals surface area (Å²) in [6, 6.07) is 0. The Kier molecular flexibility index (Phi) is 60.7. The zero-order valence-electron chi connectivity index (χ0n) is 49.6. The van der Waals surface area contributed by atoms with Gasteiger partial charge in [-0.25, -0.2) is 0 Å². The van der Waals surface area contributed by atoms with Gasteiger partial charge in [0.15, 0.2) is 6.10 Å². The van der Waals surface area contributed by atoms with Gasteiger partial charge in [-0.05, 0) is 103 Å². The van der Waals surface area contributed by atoms with E-state index < -0.39 is 6.10 Å². The lowest BCUT2D eigenvalue weighted by atomic mass is 10.0. The Bertz CT molecular complexity index is 1280. The molecule has 0 rings (SSSR count). The molecule has 0 N–H and O–H groups in total. The van der Waals surface area contributed by atoms with E-state index in [9.17, 15) is 14.4 Å². The van der Waals surface area contributed by atoms with E-state index in [2.05, 4.69) is 69.4 Å². The van der Waals surface area contributed by atoms with E-state index >= 15 is 0 Å². The maximum atomic E-state index is 12.9. The first-order valence-electron chi connectivity index (χ1n) is 32.6. The standard InChI is InChI=1S/C68H124O6/c1-4-7-10-13-16-19-22-25-27-28-29-30-31-32-33-34-35-36-37-38-39-40-42-43-46-49-52-55-58-61-67(70)73-64-65(63-72-66(69)60-57-54-51-48-45-24-21-18-15-12-9-6-3)74-68(71)62-59-56-53-50-47-44-41-26-23-20-17-14-11-8-5-2/h17-18,20-21,26,28-29,41,65H,4-16,19,22-25,27,30-40,42-64H2,1-3H3/b20-17-,21-18-,29-28-,41-26-. The number of allylic oxidation sites excluding steroid dienone is 8. The molecule has 432 valence electrons. The molecule has 0 amide bonds. The molecule has 0 aliphatic carbocycles. The van der Waals surface area contributed by atoms with Crippen LogP contribution in [0, 0.1) is 0 Å². The lowest BCUT2D eigenvalue weighted by Gasteiger charge is -2.18. The third kappa shape index (κ3) is 60.2. The van der Waals surface area contributed by atoms with Gasteiger partial charge in [0.25, 0.3) is 0 Å². The predicted molar refractivity (Wildman–Crippen MR) is 321 cm³/mol. The van der Waals surface area contributed by atoms with Crippen molar-refractivity contribution in [1.29, 1.82) is 0 Å². The van der Waals surface area contributed by atoms with Crippen LogP contribution in [0.1, 0.15) is 348 Å². The molecule has 0 bridgehead atoms. The van der Waals surface area contributed by atoms with Crippen LogP contribution in [0.4, 0.5) is 0 Å². The molecule has 1 atom stereocenters. The van der Waals surface area contributed by atoms with Gasteiger partial charge in [0.2, 0.25) is 0 Å². The van der Waals surface area contributed by atoms with Gasteiger partial charge in [0.05, 0.1) is 0 Å². The first-order valence-corrected chi connectivity index (χ1v) is 32.6. The largest absolute Gasteiger partial charge is 0.462 e. The van der Waals surface area contributed by atoms with Crippen LogP contribution in [0.2, 0.25) is 0 Å². The number of carbonyl (C=O) groups is 3. The second-order valence-corrected chi connectivity index (χ2v) is 22.0. The van der Waals surface area contributed by atoms with Crippen molar-refractivity contribution in [3.63, 3.8) is 0 Å². The van der Waals surface area contributed by atoms with Crippen LogP contribution in [0.3, 0.4) is 0 Å². The number of ether oxygens (including phenoxy) is 3. The highest BCUT2D eigenvalue weighted by Gasteiger charge is 2.19. The van der Waals surface area contributed by atoms with E-state index in [1.54, 1.807) is 0 Å². The fourth-order valence-electron chi connectivity index (χ4n) is 9.58. The molecular weight excluding hydrogens is 913 g/mol. The normalized spacial score (nSPS) is 12.3. The molecule has 6 heteroatoms. The second-order valence-electron chi connectivity index (χ2n) is 22.0. The van der Waals surface area contributed by atoms with Gasteiger partial charge in [-0.15, -0.1) is 0 Å². The Morgan fingerprint density at radius 2 is 0.486 bits per heavy atom. The Morgan fingerprint density at radius 3 is 0.784 bits per heavy atom. The molecular formula is C68H124O6. The van der Waals surface area contributed by atoms with Crippen LogP contribution in [-0.4, -0.2) is 37.2 Å². The van der Waals surface area contributed by atoms with E-state index in [1.807, 2.05) is 0 Å². The highest BCUT2D eigenvalue weighted by atomic mass is 16.6. The molecule has 0 heterocycles. The Labute approximate surface area is 460 Å². The Hall–Kier alpha value is -2.63. The third-order valence-corrected chi connectivity index (χ3v) is 14.5. The van der Waals surface area contributed by atoms with Crippen LogP contribution in [0.15, 0.2) is 48.6 Å². The first-order chi connectivity index (χ1) is 36.5. The van der Waals surface area contributed by atoms with E-state index in [1.165, 1.54) is 218 Å². The minimum absolute atomic E-state index is 0.0786. The monoisotopic (exact) mass is 1040 g/mol. The fourth-order valence-corrected chi connectivity index (χ4v) is 9.58. The maximum Gasteiger partial charge on any atom is 0.306 e. The molecule has 0 aliphatic rings. The lowest BCUT2D eigenvalue weighted by molar-refractivity contribution is -0.167. The Morgan fingerprint density at radius 1 is 0.270 bits per heavy atom. The predicted octanol–water partition coefficient (Wildman–Crippen LogP) is 22.2. The number of rotatable bonds is 60. The van der Waals surface area contributed by atoms with Crippen LogP contribution in [-0.2, 0) is 28.6 Å². The van der Waals surface area contributed by atoms with Crippen molar-refractivity contribution in [2.45, 2.75) is 354 Å². The van der Waals surface area contributed by atoms with Crippen LogP contribution < -0.4 is 0 Å². The Balaban J connectivity index is 4.16. The molecule has 0 aliphatic heterocycles. The number of carbonyl (C=O) groups excluding carboxylic acids is 3. The van der Waals surface area contributed by atoms with Crippen molar-refractivity contribution >= 4 is 17.9 Å². The highest BCUT2D eigenvalue weighted by molar-refractivity contribution is 5.71. The van der Waals surface area contributed by atoms with Gasteiger partial charge in [-0.2, -0.15) is 0 Å². The summed E-state index contributed by atoms with van der Waals surface area (Å²) in [5, 5.41) is 0. The van der Waals surface area contributed by atoms with Gasteiger partial charge >= 0.3 is 17.9 Å². The summed E-state index contributed by atoms with van der Waals surface area (Å²) >= 11 is 0. The SMILES string of the molecule is CCCCC/C=C\C/C=C\CCCCCCCC(=O)OC(COC(=O)CCCCCCC/C=C\CCCCC)COC(=O)CCCCCCCCCCCCCCCCCCC/C=C\CCCCCCCCCC. The average molecular weight is 1040 g/mol. The van der Waals surface area contributed by atoms with Crippen molar-refractivity contribution < 1.29 is 28.6 Å². The van der Waals surface area contributed by atoms with Gasteiger partial charge in [0, 0.05) is 19.3 Å². The van der Waals surface area contributed by atoms with E-state index in [-0.39, 0.29) is 31.1 Å². The molecule has 0 saturated carbocycles. The number of hydrogen-bond donors (Lipinski definition) is 0. The zero-order chi connectivity index (χ0) is 53.6. The molecule has 0 aromatic rings. The van der Waals surface area contributed by atoms with Gasteiger partial charge in [0.1, 0.15) is 13.2 Å². The average Bonchev–Trinajstić information content (AvgIpc) is 3.40. The highest BCUT2D eigenvalue weighted by Crippen LogP contribution is 2.17. The molecule has 0 spiro atoms. The lowest BCUT2D eigenvalue weighted by Crippen LogP contribution is -2.30. The van der Waals surface area contributed by atoms with Crippen LogP contribution in [0.25, 0.3) is 0 Å². The van der Waals surface area contributed by atoms with Gasteiger partial charge in [-0.1, -0.05) is 275 Å². The number of esters is 3. The van der Waals surface area contributed by atoms with E-state index in [0.29, 0.717) is 19.3 Å². The van der Waals surface area contributed by atoms with Crippen LogP contribution >= 0.6 is 0 Å². The molecule has 6 nitrogen and oxygen atoms in total. The fraction of sp³-hybridized carbons (Fsp3) is 0.838. The summed E-state index contributed by atoms with van der Waals surface area (Å²) in [7, 11) is 0. The zero-order valence-corrected chi connectivity index (χ0v) is 49.6. The number of unbranched alkanes of at least 4 members (excludes halogenated alkanes) is 41. The van der Waals surface area contributed by atoms with Crippen molar-refractivity contribution in [1.82, 2.24) is 0 Å². The van der Waals surface area contributed by atoms with Crippen molar-refractivity contribution in [2.24, 2.45) is 0 Å². The molecule has 0 aromatic carbocycles. The molecule has 1 unspecified atom stereocenters.